The highest BCUT2D eigenvalue weighted by atomic mass is 19.1. The summed E-state index contributed by atoms with van der Waals surface area (Å²) in [6.45, 7) is -0.0332. The number of nitrogens with zero attached hydrogens (tertiary/aromatic N) is 1. The average Bonchev–Trinajstić information content (AvgIpc) is 2.47. The molecule has 0 aliphatic heterocycles. The van der Waals surface area contributed by atoms with Crippen LogP contribution in [0.5, 0.6) is 5.88 Å². The van der Waals surface area contributed by atoms with E-state index in [4.69, 9.17) is 10.5 Å². The van der Waals surface area contributed by atoms with E-state index in [1.807, 2.05) is 0 Å². The summed E-state index contributed by atoms with van der Waals surface area (Å²) < 4.78 is 23.4. The van der Waals surface area contributed by atoms with Gasteiger partial charge in [0.15, 0.2) is 0 Å². The number of nitrogens with two attached hydrogens (primary N) is 1. The molecule has 1 heterocycles. The first-order valence-electron chi connectivity index (χ1n) is 5.82. The SMILES string of the molecule is COC(=O)c1ccnc(OCc2ccccc2F)c1N. The van der Waals surface area contributed by atoms with Crippen LogP contribution in [0, 0.1) is 5.82 Å². The smallest absolute Gasteiger partial charge is 0.340 e. The molecule has 0 atom stereocenters. The number of nitrogen functional groups attached to an aromatic ring is 1. The lowest BCUT2D eigenvalue weighted by Crippen LogP contribution is -2.09. The normalized spacial score (nSPS) is 10.1. The highest BCUT2D eigenvalue weighted by Gasteiger charge is 2.15. The van der Waals surface area contributed by atoms with Gasteiger partial charge in [0.05, 0.1) is 12.7 Å². The van der Waals surface area contributed by atoms with E-state index in [1.54, 1.807) is 18.2 Å². The van der Waals surface area contributed by atoms with Crippen LogP contribution in [0.25, 0.3) is 0 Å². The quantitative estimate of drug-likeness (QED) is 0.866. The maximum Gasteiger partial charge on any atom is 0.340 e. The van der Waals surface area contributed by atoms with E-state index in [1.165, 1.54) is 25.4 Å². The monoisotopic (exact) mass is 276 g/mol. The van der Waals surface area contributed by atoms with Gasteiger partial charge >= 0.3 is 5.97 Å². The van der Waals surface area contributed by atoms with Gasteiger partial charge in [-0.1, -0.05) is 18.2 Å². The van der Waals surface area contributed by atoms with Crippen LogP contribution in [0.1, 0.15) is 15.9 Å². The molecule has 0 bridgehead atoms. The van der Waals surface area contributed by atoms with Gasteiger partial charge in [-0.05, 0) is 12.1 Å². The van der Waals surface area contributed by atoms with Crippen molar-refractivity contribution in [2.75, 3.05) is 12.8 Å². The molecule has 0 fully saturated rings. The number of rotatable bonds is 4. The number of esters is 1. The van der Waals surface area contributed by atoms with E-state index < -0.39 is 5.97 Å². The lowest BCUT2D eigenvalue weighted by atomic mass is 10.2. The molecule has 1 aromatic heterocycles. The van der Waals surface area contributed by atoms with Crippen LogP contribution in [-0.2, 0) is 11.3 Å². The topological polar surface area (TPSA) is 74.4 Å². The maximum absolute atomic E-state index is 13.4. The molecule has 0 saturated carbocycles. The number of methoxy groups -OCH3 is 1. The molecule has 0 amide bonds. The van der Waals surface area contributed by atoms with Crippen LogP contribution in [0.2, 0.25) is 0 Å². The molecule has 0 saturated heterocycles. The number of hydrogen-bond acceptors (Lipinski definition) is 5. The fourth-order valence-electron chi connectivity index (χ4n) is 1.62. The van der Waals surface area contributed by atoms with Crippen molar-refractivity contribution in [1.29, 1.82) is 0 Å². The second kappa shape index (κ2) is 6.01. The summed E-state index contributed by atoms with van der Waals surface area (Å²) in [5, 5.41) is 0. The van der Waals surface area contributed by atoms with Crippen LogP contribution in [0.4, 0.5) is 10.1 Å². The summed E-state index contributed by atoms with van der Waals surface area (Å²) in [5.74, 6) is -0.896. The summed E-state index contributed by atoms with van der Waals surface area (Å²) in [6, 6.07) is 7.64. The van der Waals surface area contributed by atoms with Crippen molar-refractivity contribution in [3.05, 3.63) is 53.5 Å². The number of benzene rings is 1. The van der Waals surface area contributed by atoms with Gasteiger partial charge in [-0.15, -0.1) is 0 Å². The largest absolute Gasteiger partial charge is 0.471 e. The van der Waals surface area contributed by atoms with E-state index >= 15 is 0 Å². The van der Waals surface area contributed by atoms with Crippen molar-refractivity contribution in [2.45, 2.75) is 6.61 Å². The zero-order chi connectivity index (χ0) is 14.5. The number of pyridine rings is 1. The highest BCUT2D eigenvalue weighted by molar-refractivity contribution is 5.95. The van der Waals surface area contributed by atoms with Crippen molar-refractivity contribution >= 4 is 11.7 Å². The van der Waals surface area contributed by atoms with Crippen LogP contribution < -0.4 is 10.5 Å². The Labute approximate surface area is 115 Å². The van der Waals surface area contributed by atoms with Gasteiger partial charge in [0.2, 0.25) is 5.88 Å². The minimum Gasteiger partial charge on any atom is -0.471 e. The molecule has 6 heteroatoms. The van der Waals surface area contributed by atoms with E-state index in [2.05, 4.69) is 9.72 Å². The number of halogens is 1. The van der Waals surface area contributed by atoms with Gasteiger partial charge in [-0.25, -0.2) is 14.2 Å². The lowest BCUT2D eigenvalue weighted by Gasteiger charge is -2.10. The predicted octanol–water partition coefficient (Wildman–Crippen LogP) is 2.17. The highest BCUT2D eigenvalue weighted by Crippen LogP contribution is 2.24. The predicted molar refractivity (Wildman–Crippen MR) is 70.7 cm³/mol. The second-order valence-corrected chi connectivity index (χ2v) is 3.95. The summed E-state index contributed by atoms with van der Waals surface area (Å²) in [4.78, 5) is 15.4. The standard InChI is InChI=1S/C14H13FN2O3/c1-19-14(18)10-6-7-17-13(12(10)16)20-8-9-4-2-3-5-11(9)15/h2-7H,8,16H2,1H3. The third-order valence-electron chi connectivity index (χ3n) is 2.68. The molecule has 104 valence electrons. The number of carbonyl (C=O) groups excluding carboxylic acids is 1. The summed E-state index contributed by atoms with van der Waals surface area (Å²) in [6.07, 6.45) is 1.37. The lowest BCUT2D eigenvalue weighted by molar-refractivity contribution is 0.0601. The first kappa shape index (κ1) is 13.8. The van der Waals surface area contributed by atoms with Crippen molar-refractivity contribution in [2.24, 2.45) is 0 Å². The number of aromatic nitrogens is 1. The molecule has 0 spiro atoms. The first-order chi connectivity index (χ1) is 9.63. The molecule has 20 heavy (non-hydrogen) atoms. The third-order valence-corrected chi connectivity index (χ3v) is 2.68. The molecular weight excluding hydrogens is 263 g/mol. The van der Waals surface area contributed by atoms with E-state index in [9.17, 15) is 9.18 Å². The van der Waals surface area contributed by atoms with E-state index in [-0.39, 0.29) is 29.6 Å². The molecule has 0 radical (unpaired) electrons. The first-order valence-corrected chi connectivity index (χ1v) is 5.82. The molecule has 2 aromatic rings. The Kier molecular flexibility index (Phi) is 4.14. The summed E-state index contributed by atoms with van der Waals surface area (Å²) in [7, 11) is 1.25. The van der Waals surface area contributed by atoms with Crippen LogP contribution in [0.3, 0.4) is 0 Å². The van der Waals surface area contributed by atoms with Crippen LogP contribution >= 0.6 is 0 Å². The van der Waals surface area contributed by atoms with Crippen LogP contribution in [-0.4, -0.2) is 18.1 Å². The molecular formula is C14H13FN2O3. The van der Waals surface area contributed by atoms with Gasteiger partial charge in [-0.2, -0.15) is 0 Å². The Morgan fingerprint density at radius 3 is 2.80 bits per heavy atom. The Balaban J connectivity index is 2.18. The Bertz CT molecular complexity index is 632. The van der Waals surface area contributed by atoms with Crippen molar-refractivity contribution < 1.29 is 18.7 Å². The molecule has 1 aromatic carbocycles. The summed E-state index contributed by atoms with van der Waals surface area (Å²) in [5.41, 5.74) is 6.38. The van der Waals surface area contributed by atoms with Crippen LogP contribution in [0.15, 0.2) is 36.5 Å². The fourth-order valence-corrected chi connectivity index (χ4v) is 1.62. The van der Waals surface area contributed by atoms with Gasteiger partial charge in [-0.3, -0.25) is 0 Å². The number of carbonyl (C=O) groups is 1. The molecule has 5 nitrogen and oxygen atoms in total. The Hall–Kier alpha value is -2.63. The summed E-state index contributed by atoms with van der Waals surface area (Å²) >= 11 is 0. The molecule has 0 aliphatic carbocycles. The van der Waals surface area contributed by atoms with Crippen molar-refractivity contribution in [3.63, 3.8) is 0 Å². The Morgan fingerprint density at radius 2 is 2.10 bits per heavy atom. The zero-order valence-electron chi connectivity index (χ0n) is 10.8. The van der Waals surface area contributed by atoms with Crippen molar-refractivity contribution in [1.82, 2.24) is 4.98 Å². The zero-order valence-corrected chi connectivity index (χ0v) is 10.8. The maximum atomic E-state index is 13.4. The van der Waals surface area contributed by atoms with Gasteiger partial charge in [0.1, 0.15) is 18.1 Å². The molecule has 2 rings (SSSR count). The number of hydrogen-bond donors (Lipinski definition) is 1. The number of anilines is 1. The molecule has 2 N–H and O–H groups in total. The second-order valence-electron chi connectivity index (χ2n) is 3.95. The minimum absolute atomic E-state index is 0.0332. The van der Waals surface area contributed by atoms with Gasteiger partial charge in [0.25, 0.3) is 0 Å². The average molecular weight is 276 g/mol. The van der Waals surface area contributed by atoms with E-state index in [0.717, 1.165) is 0 Å². The van der Waals surface area contributed by atoms with Crippen molar-refractivity contribution in [3.8, 4) is 5.88 Å². The third kappa shape index (κ3) is 2.85. The minimum atomic E-state index is -0.583. The van der Waals surface area contributed by atoms with Gasteiger partial charge in [0, 0.05) is 11.8 Å². The fraction of sp³-hybridized carbons (Fsp3) is 0.143. The number of ether oxygens (including phenoxy) is 2. The molecule has 0 aliphatic rings. The molecule has 0 unspecified atom stereocenters. The Morgan fingerprint density at radius 1 is 1.35 bits per heavy atom. The van der Waals surface area contributed by atoms with Gasteiger partial charge < -0.3 is 15.2 Å². The van der Waals surface area contributed by atoms with E-state index in [0.29, 0.717) is 5.56 Å².